The lowest BCUT2D eigenvalue weighted by atomic mass is 10.0. The molecule has 10 rings (SSSR count). The number of fused-ring (bicyclic) bond motifs is 9. The van der Waals surface area contributed by atoms with Crippen molar-refractivity contribution in [2.45, 2.75) is 0 Å². The van der Waals surface area contributed by atoms with Crippen molar-refractivity contribution in [2.24, 2.45) is 0 Å². The molecule has 4 nitrogen and oxygen atoms in total. The smallest absolute Gasteiger partial charge is 0.0992 e. The molecule has 7 aromatic carbocycles. The molecule has 0 bridgehead atoms. The van der Waals surface area contributed by atoms with Crippen LogP contribution in [0.3, 0.4) is 0 Å². The first-order chi connectivity index (χ1) is 24.2. The second-order valence-corrected chi connectivity index (χ2v) is 13.5. The second-order valence-electron chi connectivity index (χ2n) is 12.4. The third-order valence-electron chi connectivity index (χ3n) is 9.75. The van der Waals surface area contributed by atoms with Crippen LogP contribution in [0.5, 0.6) is 0 Å². The van der Waals surface area contributed by atoms with E-state index in [-0.39, 0.29) is 0 Å². The van der Waals surface area contributed by atoms with E-state index in [4.69, 9.17) is 0 Å². The van der Waals surface area contributed by atoms with E-state index < -0.39 is 0 Å². The number of para-hydroxylation sites is 2. The van der Waals surface area contributed by atoms with E-state index in [1.54, 1.807) is 11.3 Å². The van der Waals surface area contributed by atoms with Gasteiger partial charge in [0.25, 0.3) is 0 Å². The highest BCUT2D eigenvalue weighted by molar-refractivity contribution is 7.25. The number of aromatic nitrogens is 2. The highest BCUT2D eigenvalue weighted by atomic mass is 32.1. The van der Waals surface area contributed by atoms with E-state index in [9.17, 15) is 10.5 Å². The number of thiophene rings is 1. The molecule has 0 amide bonds. The Kier molecular flexibility index (Phi) is 5.84. The summed E-state index contributed by atoms with van der Waals surface area (Å²) < 4.78 is 7.00. The van der Waals surface area contributed by atoms with E-state index >= 15 is 0 Å². The molecule has 0 saturated carbocycles. The minimum Gasteiger partial charge on any atom is -0.309 e. The largest absolute Gasteiger partial charge is 0.309 e. The predicted octanol–water partition coefficient (Wildman–Crippen LogP) is 11.7. The Morgan fingerprint density at radius 1 is 0.388 bits per heavy atom. The first kappa shape index (κ1) is 27.5. The van der Waals surface area contributed by atoms with Crippen molar-refractivity contribution >= 4 is 75.1 Å². The van der Waals surface area contributed by atoms with Crippen LogP contribution < -0.4 is 0 Å². The van der Waals surface area contributed by atoms with Crippen LogP contribution in [-0.2, 0) is 0 Å². The summed E-state index contributed by atoms with van der Waals surface area (Å²) in [5.41, 5.74) is 9.95. The number of benzene rings is 7. The summed E-state index contributed by atoms with van der Waals surface area (Å²) in [6, 6.07) is 55.6. The van der Waals surface area contributed by atoms with Gasteiger partial charge in [-0.1, -0.05) is 66.7 Å². The highest BCUT2D eigenvalue weighted by Gasteiger charge is 2.17. The number of nitrogens with zero attached hydrogens (tertiary/aromatic N) is 4. The molecule has 0 spiro atoms. The van der Waals surface area contributed by atoms with E-state index in [1.807, 2.05) is 36.4 Å². The Morgan fingerprint density at radius 3 is 1.57 bits per heavy atom. The zero-order valence-corrected chi connectivity index (χ0v) is 26.9. The van der Waals surface area contributed by atoms with Crippen molar-refractivity contribution in [2.75, 3.05) is 0 Å². The summed E-state index contributed by atoms with van der Waals surface area (Å²) in [5.74, 6) is 0. The van der Waals surface area contributed by atoms with Crippen LogP contribution in [0, 0.1) is 22.7 Å². The molecular formula is C44H24N4S. The minimum atomic E-state index is 0.604. The molecular weight excluding hydrogens is 617 g/mol. The Bertz CT molecular complexity index is 2960. The molecule has 0 aliphatic heterocycles. The van der Waals surface area contributed by atoms with Crippen LogP contribution in [-0.4, -0.2) is 9.13 Å². The summed E-state index contributed by atoms with van der Waals surface area (Å²) in [5, 5.41) is 26.5. The number of hydrogen-bond acceptors (Lipinski definition) is 3. The van der Waals surface area contributed by atoms with Crippen LogP contribution >= 0.6 is 11.3 Å². The number of nitriles is 2. The molecule has 0 N–H and O–H groups in total. The maximum atomic E-state index is 9.73. The van der Waals surface area contributed by atoms with Gasteiger partial charge in [0.15, 0.2) is 0 Å². The zero-order chi connectivity index (χ0) is 32.6. The lowest BCUT2D eigenvalue weighted by Gasteiger charge is -2.11. The quantitative estimate of drug-likeness (QED) is 0.193. The van der Waals surface area contributed by atoms with Gasteiger partial charge in [0.2, 0.25) is 0 Å². The lowest BCUT2D eigenvalue weighted by molar-refractivity contribution is 1.18. The summed E-state index contributed by atoms with van der Waals surface area (Å²) in [6.07, 6.45) is 0. The van der Waals surface area contributed by atoms with Gasteiger partial charge in [0.05, 0.1) is 45.3 Å². The van der Waals surface area contributed by atoms with Gasteiger partial charge in [-0.15, -0.1) is 11.3 Å². The molecule has 0 aliphatic carbocycles. The molecule has 3 aromatic heterocycles. The summed E-state index contributed by atoms with van der Waals surface area (Å²) in [6.45, 7) is 0. The third-order valence-corrected chi connectivity index (χ3v) is 10.9. The predicted molar refractivity (Wildman–Crippen MR) is 203 cm³/mol. The standard InChI is InChI=1S/C44H24N4S/c45-25-27-12-16-35-36-17-13-28(26-46)21-42(36)48(41(35)20-27)32-15-19-44-38(24-32)37-23-30(14-18-43(37)49-44)29-6-5-7-31(22-29)47-39-10-3-1-8-33(39)34-9-2-4-11-40(34)47/h1-24H. The van der Waals surface area contributed by atoms with Gasteiger partial charge in [0, 0.05) is 53.1 Å². The normalized spacial score (nSPS) is 11.6. The van der Waals surface area contributed by atoms with E-state index in [1.165, 1.54) is 42.0 Å². The summed E-state index contributed by atoms with van der Waals surface area (Å²) in [7, 11) is 0. The van der Waals surface area contributed by atoms with Gasteiger partial charge in [-0.2, -0.15) is 10.5 Å². The molecule has 226 valence electrons. The van der Waals surface area contributed by atoms with Crippen LogP contribution in [0.25, 0.3) is 86.3 Å². The summed E-state index contributed by atoms with van der Waals surface area (Å²) >= 11 is 1.80. The number of rotatable bonds is 3. The van der Waals surface area contributed by atoms with E-state index in [0.717, 1.165) is 44.3 Å². The molecule has 0 aliphatic rings. The van der Waals surface area contributed by atoms with Gasteiger partial charge in [-0.25, -0.2) is 0 Å². The highest BCUT2D eigenvalue weighted by Crippen LogP contribution is 2.40. The Labute approximate surface area is 285 Å². The SMILES string of the molecule is N#Cc1ccc2c3ccc(C#N)cc3n(-c3ccc4sc5ccc(-c6cccc(-n7c8ccccc8c8ccccc87)c6)cc5c4c3)c2c1. The molecule has 10 aromatic rings. The lowest BCUT2D eigenvalue weighted by Crippen LogP contribution is -1.94. The van der Waals surface area contributed by atoms with Gasteiger partial charge >= 0.3 is 0 Å². The van der Waals surface area contributed by atoms with Crippen molar-refractivity contribution in [3.05, 3.63) is 157 Å². The van der Waals surface area contributed by atoms with Crippen LogP contribution in [0.1, 0.15) is 11.1 Å². The van der Waals surface area contributed by atoms with Crippen LogP contribution in [0.4, 0.5) is 0 Å². The fourth-order valence-electron chi connectivity index (χ4n) is 7.55. The molecule has 0 fully saturated rings. The van der Waals surface area contributed by atoms with Gasteiger partial charge in [0.1, 0.15) is 0 Å². The van der Waals surface area contributed by atoms with Gasteiger partial charge in [-0.05, 0) is 90.0 Å². The van der Waals surface area contributed by atoms with E-state index in [2.05, 4.69) is 130 Å². The van der Waals surface area contributed by atoms with Crippen molar-refractivity contribution in [3.8, 4) is 34.6 Å². The molecule has 0 saturated heterocycles. The second kappa shape index (κ2) is 10.4. The van der Waals surface area contributed by atoms with Crippen molar-refractivity contribution in [1.29, 1.82) is 10.5 Å². The number of hydrogen-bond donors (Lipinski definition) is 0. The summed E-state index contributed by atoms with van der Waals surface area (Å²) in [4.78, 5) is 0. The Morgan fingerprint density at radius 2 is 0.918 bits per heavy atom. The fraction of sp³-hybridized carbons (Fsp3) is 0. The maximum absolute atomic E-state index is 9.73. The first-order valence-electron chi connectivity index (χ1n) is 16.1. The average Bonchev–Trinajstić information content (AvgIpc) is 3.81. The topological polar surface area (TPSA) is 57.4 Å². The zero-order valence-electron chi connectivity index (χ0n) is 26.1. The van der Waals surface area contributed by atoms with Crippen molar-refractivity contribution < 1.29 is 0 Å². The minimum absolute atomic E-state index is 0.604. The van der Waals surface area contributed by atoms with Gasteiger partial charge in [-0.3, -0.25) is 0 Å². The maximum Gasteiger partial charge on any atom is 0.0992 e. The molecule has 5 heteroatoms. The van der Waals surface area contributed by atoms with Gasteiger partial charge < -0.3 is 9.13 Å². The van der Waals surface area contributed by atoms with Crippen LogP contribution in [0.2, 0.25) is 0 Å². The first-order valence-corrected chi connectivity index (χ1v) is 16.9. The van der Waals surface area contributed by atoms with Crippen molar-refractivity contribution in [1.82, 2.24) is 9.13 Å². The molecule has 49 heavy (non-hydrogen) atoms. The molecule has 0 radical (unpaired) electrons. The average molecular weight is 641 g/mol. The molecule has 0 unspecified atom stereocenters. The van der Waals surface area contributed by atoms with Crippen LogP contribution in [0.15, 0.2) is 146 Å². The molecule has 3 heterocycles. The Balaban J connectivity index is 1.16. The molecule has 0 atom stereocenters. The third kappa shape index (κ3) is 4.07. The van der Waals surface area contributed by atoms with Crippen molar-refractivity contribution in [3.63, 3.8) is 0 Å². The monoisotopic (exact) mass is 640 g/mol. The Hall–Kier alpha value is -6.66. The fourth-order valence-corrected chi connectivity index (χ4v) is 8.61. The van der Waals surface area contributed by atoms with E-state index in [0.29, 0.717) is 11.1 Å².